The van der Waals surface area contributed by atoms with Crippen molar-refractivity contribution in [1.82, 2.24) is 9.62 Å². The van der Waals surface area contributed by atoms with Crippen LogP contribution in [0.3, 0.4) is 0 Å². The summed E-state index contributed by atoms with van der Waals surface area (Å²) in [7, 11) is 0.570. The van der Waals surface area contributed by atoms with Crippen molar-refractivity contribution in [2.45, 2.75) is 24.1 Å². The first-order chi connectivity index (χ1) is 11.4. The zero-order valence-corrected chi connectivity index (χ0v) is 15.9. The average molecular weight is 369 g/mol. The van der Waals surface area contributed by atoms with Crippen LogP contribution in [0.15, 0.2) is 45.7 Å². The predicted molar refractivity (Wildman–Crippen MR) is 98.6 cm³/mol. The molecular formula is C17H24N2O3S2. The minimum Gasteiger partial charge on any atom is -0.464 e. The van der Waals surface area contributed by atoms with Gasteiger partial charge in [0.2, 0.25) is 10.0 Å². The van der Waals surface area contributed by atoms with Crippen LogP contribution in [0.1, 0.15) is 17.1 Å². The lowest BCUT2D eigenvalue weighted by atomic mass is 10.2. The summed E-state index contributed by atoms with van der Waals surface area (Å²) in [5.74, 6) is 3.28. The van der Waals surface area contributed by atoms with Crippen molar-refractivity contribution in [2.24, 2.45) is 0 Å². The van der Waals surface area contributed by atoms with Crippen LogP contribution in [-0.2, 0) is 22.3 Å². The molecule has 0 aliphatic rings. The van der Waals surface area contributed by atoms with E-state index >= 15 is 0 Å². The van der Waals surface area contributed by atoms with Crippen LogP contribution >= 0.6 is 11.8 Å². The molecule has 0 amide bonds. The van der Waals surface area contributed by atoms with Crippen LogP contribution in [0.25, 0.3) is 0 Å². The third kappa shape index (κ3) is 5.98. The molecule has 0 saturated carbocycles. The minimum absolute atomic E-state index is 0.303. The Kier molecular flexibility index (Phi) is 6.91. The highest BCUT2D eigenvalue weighted by atomic mass is 32.2. The van der Waals surface area contributed by atoms with Gasteiger partial charge in [-0.25, -0.2) is 13.1 Å². The number of sulfonamides is 1. The van der Waals surface area contributed by atoms with Crippen molar-refractivity contribution in [1.29, 1.82) is 0 Å². The highest BCUT2D eigenvalue weighted by Gasteiger charge is 2.12. The second-order valence-corrected chi connectivity index (χ2v) is 8.74. The zero-order valence-electron chi connectivity index (χ0n) is 14.3. The largest absolute Gasteiger partial charge is 0.464 e. The summed E-state index contributed by atoms with van der Waals surface area (Å²) in [6.07, 6.45) is 0. The maximum atomic E-state index is 12.1. The molecular weight excluding hydrogens is 344 g/mol. The van der Waals surface area contributed by atoms with Crippen molar-refractivity contribution in [3.05, 3.63) is 53.5 Å². The number of rotatable bonds is 9. The second-order valence-electron chi connectivity index (χ2n) is 5.87. The number of nitrogens with zero attached hydrogens (tertiary/aromatic N) is 1. The average Bonchev–Trinajstić information content (AvgIpc) is 2.94. The molecule has 0 unspecified atom stereocenters. The van der Waals surface area contributed by atoms with E-state index in [9.17, 15) is 8.42 Å². The molecule has 0 atom stereocenters. The van der Waals surface area contributed by atoms with Gasteiger partial charge in [0.1, 0.15) is 11.5 Å². The van der Waals surface area contributed by atoms with E-state index in [0.29, 0.717) is 17.2 Å². The molecule has 1 heterocycles. The van der Waals surface area contributed by atoms with E-state index < -0.39 is 10.0 Å². The molecule has 1 aromatic heterocycles. The van der Waals surface area contributed by atoms with Crippen molar-refractivity contribution >= 4 is 21.8 Å². The number of hydrogen-bond donors (Lipinski definition) is 1. The summed E-state index contributed by atoms with van der Waals surface area (Å²) in [4.78, 5) is 2.35. The Hall–Kier alpha value is -1.28. The first-order valence-corrected chi connectivity index (χ1v) is 10.4. The smallest absolute Gasteiger partial charge is 0.240 e. The number of hydrogen-bond acceptors (Lipinski definition) is 5. The Morgan fingerprint density at radius 2 is 1.75 bits per heavy atom. The third-order valence-electron chi connectivity index (χ3n) is 3.30. The van der Waals surface area contributed by atoms with Gasteiger partial charge < -0.3 is 9.32 Å². The van der Waals surface area contributed by atoms with E-state index in [1.54, 1.807) is 36.0 Å². The summed E-state index contributed by atoms with van der Waals surface area (Å²) in [5.41, 5.74) is 1.04. The molecule has 0 aliphatic carbocycles. The molecule has 132 valence electrons. The Bertz CT molecular complexity index is 737. The van der Waals surface area contributed by atoms with Crippen LogP contribution in [0.5, 0.6) is 0 Å². The zero-order chi connectivity index (χ0) is 17.6. The number of nitrogens with one attached hydrogen (secondary N) is 1. The van der Waals surface area contributed by atoms with E-state index in [4.69, 9.17) is 4.42 Å². The van der Waals surface area contributed by atoms with Gasteiger partial charge in [0, 0.05) is 12.3 Å². The molecule has 2 aromatic rings. The number of aryl methyl sites for hydroxylation is 1. The molecule has 7 heteroatoms. The first-order valence-electron chi connectivity index (χ1n) is 7.73. The van der Waals surface area contributed by atoms with Crippen LogP contribution in [0, 0.1) is 6.92 Å². The van der Waals surface area contributed by atoms with Crippen molar-refractivity contribution in [3.8, 4) is 0 Å². The quantitative estimate of drug-likeness (QED) is 0.690. The molecule has 1 aromatic carbocycles. The van der Waals surface area contributed by atoms with E-state index in [2.05, 4.69) is 9.62 Å². The molecule has 0 spiro atoms. The molecule has 0 bridgehead atoms. The van der Waals surface area contributed by atoms with Gasteiger partial charge in [-0.3, -0.25) is 0 Å². The normalized spacial score (nSPS) is 12.0. The van der Waals surface area contributed by atoms with Gasteiger partial charge in [-0.05, 0) is 45.3 Å². The van der Waals surface area contributed by atoms with E-state index in [1.165, 1.54) is 0 Å². The van der Waals surface area contributed by atoms with Crippen LogP contribution in [0.4, 0.5) is 0 Å². The molecule has 1 N–H and O–H groups in total. The Labute approximate surface area is 148 Å². The van der Waals surface area contributed by atoms with Gasteiger partial charge in [0.15, 0.2) is 0 Å². The fourth-order valence-corrected chi connectivity index (χ4v) is 4.03. The summed E-state index contributed by atoms with van der Waals surface area (Å²) < 4.78 is 32.6. The lowest BCUT2D eigenvalue weighted by molar-refractivity contribution is 0.344. The monoisotopic (exact) mass is 368 g/mol. The Morgan fingerprint density at radius 1 is 1.08 bits per heavy atom. The minimum atomic E-state index is -3.42. The van der Waals surface area contributed by atoms with Gasteiger partial charge in [-0.1, -0.05) is 17.7 Å². The summed E-state index contributed by atoms with van der Waals surface area (Å²) >= 11 is 1.64. The topological polar surface area (TPSA) is 62.6 Å². The SMILES string of the molecule is Cc1ccc(S(=O)(=O)NCCSCc2ccc(CN(C)C)o2)cc1. The maximum Gasteiger partial charge on any atom is 0.240 e. The van der Waals surface area contributed by atoms with Crippen molar-refractivity contribution in [2.75, 3.05) is 26.4 Å². The second kappa shape index (κ2) is 8.71. The number of thioether (sulfide) groups is 1. The lowest BCUT2D eigenvalue weighted by Crippen LogP contribution is -2.26. The van der Waals surface area contributed by atoms with Crippen molar-refractivity contribution in [3.63, 3.8) is 0 Å². The number of furan rings is 1. The lowest BCUT2D eigenvalue weighted by Gasteiger charge is -2.07. The van der Waals surface area contributed by atoms with Crippen LogP contribution in [-0.4, -0.2) is 39.7 Å². The van der Waals surface area contributed by atoms with E-state index in [-0.39, 0.29) is 0 Å². The molecule has 2 rings (SSSR count). The van der Waals surface area contributed by atoms with Gasteiger partial charge in [0.05, 0.1) is 17.2 Å². The molecule has 0 saturated heterocycles. The fourth-order valence-electron chi connectivity index (χ4n) is 2.12. The fraction of sp³-hybridized carbons (Fsp3) is 0.412. The van der Waals surface area contributed by atoms with Crippen LogP contribution in [0.2, 0.25) is 0 Å². The third-order valence-corrected chi connectivity index (χ3v) is 5.76. The first kappa shape index (κ1) is 19.1. The van der Waals surface area contributed by atoms with Crippen molar-refractivity contribution < 1.29 is 12.8 Å². The molecule has 5 nitrogen and oxygen atoms in total. The van der Waals surface area contributed by atoms with E-state index in [1.807, 2.05) is 33.2 Å². The number of benzene rings is 1. The maximum absolute atomic E-state index is 12.1. The molecule has 0 radical (unpaired) electrons. The predicted octanol–water partition coefficient (Wildman–Crippen LogP) is 2.86. The van der Waals surface area contributed by atoms with Gasteiger partial charge >= 0.3 is 0 Å². The summed E-state index contributed by atoms with van der Waals surface area (Å²) in [6.45, 7) is 3.10. The van der Waals surface area contributed by atoms with Gasteiger partial charge in [-0.15, -0.1) is 0 Å². The summed E-state index contributed by atoms with van der Waals surface area (Å²) in [5, 5.41) is 0. The van der Waals surface area contributed by atoms with Crippen LogP contribution < -0.4 is 4.72 Å². The Balaban J connectivity index is 1.72. The highest BCUT2D eigenvalue weighted by molar-refractivity contribution is 7.98. The molecule has 0 aliphatic heterocycles. The molecule has 0 fully saturated rings. The molecule has 24 heavy (non-hydrogen) atoms. The van der Waals surface area contributed by atoms with Gasteiger partial charge in [-0.2, -0.15) is 11.8 Å². The Morgan fingerprint density at radius 3 is 2.42 bits per heavy atom. The highest BCUT2D eigenvalue weighted by Crippen LogP contribution is 2.16. The van der Waals surface area contributed by atoms with E-state index in [0.717, 1.165) is 29.4 Å². The van der Waals surface area contributed by atoms with Gasteiger partial charge in [0.25, 0.3) is 0 Å². The summed E-state index contributed by atoms with van der Waals surface area (Å²) in [6, 6.07) is 10.8. The standard InChI is InChI=1S/C17H24N2O3S2/c1-14-4-8-17(9-5-14)24(20,21)18-10-11-23-13-16-7-6-15(22-16)12-19(2)3/h4-9,18H,10-13H2,1-3H3.